The molecule has 0 aliphatic carbocycles. The molecule has 1 aliphatic heterocycles. The fourth-order valence-electron chi connectivity index (χ4n) is 3.37. The van der Waals surface area contributed by atoms with Crippen LogP contribution in [0.15, 0.2) is 29.6 Å². The number of carbonyl (C=O) groups is 1. The fraction of sp³-hybridized carbons (Fsp3) is 0.500. The minimum absolute atomic E-state index is 0. The molecule has 0 radical (unpaired) electrons. The summed E-state index contributed by atoms with van der Waals surface area (Å²) in [5.74, 6) is -0.151. The summed E-state index contributed by atoms with van der Waals surface area (Å²) in [6, 6.07) is 5.70. The molecule has 0 bridgehead atoms. The Bertz CT molecular complexity index is 842. The summed E-state index contributed by atoms with van der Waals surface area (Å²) in [5, 5.41) is 13.9. The van der Waals surface area contributed by atoms with Crippen molar-refractivity contribution in [2.24, 2.45) is 0 Å². The van der Waals surface area contributed by atoms with E-state index in [1.165, 1.54) is 30.7 Å². The molecule has 8 nitrogen and oxygen atoms in total. The van der Waals surface area contributed by atoms with Gasteiger partial charge in [0.1, 0.15) is 0 Å². The lowest BCUT2D eigenvalue weighted by atomic mass is 10.2. The average Bonchev–Trinajstić information content (AvgIpc) is 3.21. The summed E-state index contributed by atoms with van der Waals surface area (Å²) in [6.45, 7) is 8.08. The smallest absolute Gasteiger partial charge is 0.269 e. The number of nitro benzene ring substituents is 1. The number of anilines is 1. The molecule has 1 amide bonds. The molecule has 0 atom stereocenters. The van der Waals surface area contributed by atoms with Crippen LogP contribution in [0.5, 0.6) is 0 Å². The largest absolute Gasteiger partial charge is 0.346 e. The average molecular weight is 579 g/mol. The fourth-order valence-corrected chi connectivity index (χ4v) is 4.28. The van der Waals surface area contributed by atoms with Crippen LogP contribution >= 0.6 is 45.3 Å². The van der Waals surface area contributed by atoms with Gasteiger partial charge in [0, 0.05) is 69.3 Å². The number of benzene rings is 1. The van der Waals surface area contributed by atoms with Crippen molar-refractivity contribution in [2.45, 2.75) is 19.8 Å². The van der Waals surface area contributed by atoms with Crippen LogP contribution in [-0.2, 0) is 6.42 Å². The van der Waals surface area contributed by atoms with Crippen LogP contribution in [-0.4, -0.2) is 71.9 Å². The van der Waals surface area contributed by atoms with E-state index in [1.54, 1.807) is 23.3 Å². The molecule has 2 aromatic rings. The summed E-state index contributed by atoms with van der Waals surface area (Å²) in [6.07, 6.45) is 1.87. The van der Waals surface area contributed by atoms with Gasteiger partial charge < -0.3 is 9.80 Å². The number of rotatable bonds is 8. The van der Waals surface area contributed by atoms with Crippen LogP contribution in [0.25, 0.3) is 0 Å². The molecule has 2 heterocycles. The molecule has 31 heavy (non-hydrogen) atoms. The molecule has 1 aromatic heterocycles. The molecule has 0 spiro atoms. The second-order valence-electron chi connectivity index (χ2n) is 7.23. The molecule has 11 heteroatoms. The minimum Gasteiger partial charge on any atom is -0.346 e. The first-order valence-corrected chi connectivity index (χ1v) is 10.8. The van der Waals surface area contributed by atoms with Crippen molar-refractivity contribution < 1.29 is 9.72 Å². The Morgan fingerprint density at radius 1 is 1.19 bits per heavy atom. The number of amides is 1. The second kappa shape index (κ2) is 13.1. The van der Waals surface area contributed by atoms with Crippen molar-refractivity contribution in [3.63, 3.8) is 0 Å². The molecular formula is C20H29Br2N5O3S. The lowest BCUT2D eigenvalue weighted by Crippen LogP contribution is -2.46. The number of nitro groups is 1. The highest BCUT2D eigenvalue weighted by molar-refractivity contribution is 8.93. The van der Waals surface area contributed by atoms with Gasteiger partial charge in [-0.25, -0.2) is 4.98 Å². The number of aromatic nitrogens is 1. The number of hydrogen-bond acceptors (Lipinski definition) is 7. The topological polar surface area (TPSA) is 82.8 Å². The van der Waals surface area contributed by atoms with Crippen LogP contribution in [0.3, 0.4) is 0 Å². The number of halogens is 2. The number of carbonyl (C=O) groups excluding carboxylic acids is 1. The summed E-state index contributed by atoms with van der Waals surface area (Å²) in [5.41, 5.74) is 1.42. The van der Waals surface area contributed by atoms with Crippen molar-refractivity contribution in [3.8, 4) is 0 Å². The minimum atomic E-state index is -0.471. The third kappa shape index (κ3) is 7.51. The Labute approximate surface area is 207 Å². The molecule has 0 saturated carbocycles. The Morgan fingerprint density at radius 3 is 2.42 bits per heavy atom. The number of thiazole rings is 1. The quantitative estimate of drug-likeness (QED) is 0.347. The summed E-state index contributed by atoms with van der Waals surface area (Å²) < 4.78 is 0. The molecule has 1 saturated heterocycles. The van der Waals surface area contributed by atoms with Gasteiger partial charge in [0.05, 0.1) is 10.6 Å². The maximum Gasteiger partial charge on any atom is 0.269 e. The lowest BCUT2D eigenvalue weighted by molar-refractivity contribution is -0.384. The number of nitrogens with zero attached hydrogens (tertiary/aromatic N) is 5. The predicted octanol–water partition coefficient (Wildman–Crippen LogP) is 4.05. The highest BCUT2D eigenvalue weighted by Gasteiger charge is 2.19. The number of piperazine rings is 1. The van der Waals surface area contributed by atoms with Gasteiger partial charge in [-0.2, -0.15) is 0 Å². The van der Waals surface area contributed by atoms with E-state index in [0.29, 0.717) is 18.5 Å². The zero-order valence-electron chi connectivity index (χ0n) is 17.7. The van der Waals surface area contributed by atoms with Gasteiger partial charge in [0.25, 0.3) is 11.6 Å². The number of hydrogen-bond donors (Lipinski definition) is 0. The molecule has 1 aromatic carbocycles. The molecule has 0 unspecified atom stereocenters. The van der Waals surface area contributed by atoms with E-state index in [-0.39, 0.29) is 45.6 Å². The molecular weight excluding hydrogens is 550 g/mol. The van der Waals surface area contributed by atoms with Crippen LogP contribution < -0.4 is 4.90 Å². The Morgan fingerprint density at radius 2 is 1.84 bits per heavy atom. The van der Waals surface area contributed by atoms with Crippen molar-refractivity contribution in [2.75, 3.05) is 51.2 Å². The van der Waals surface area contributed by atoms with Gasteiger partial charge in [0.2, 0.25) is 0 Å². The molecule has 1 aliphatic rings. The Kier molecular flexibility index (Phi) is 11.6. The molecule has 0 N–H and O–H groups in total. The Balaban J connectivity index is 0.00000240. The van der Waals surface area contributed by atoms with Gasteiger partial charge in [-0.05, 0) is 25.1 Å². The predicted molar refractivity (Wildman–Crippen MR) is 135 cm³/mol. The third-order valence-electron chi connectivity index (χ3n) is 5.10. The maximum atomic E-state index is 12.5. The highest BCUT2D eigenvalue weighted by Crippen LogP contribution is 2.22. The van der Waals surface area contributed by atoms with Gasteiger partial charge >= 0.3 is 0 Å². The lowest BCUT2D eigenvalue weighted by Gasteiger charge is -2.34. The molecule has 1 fully saturated rings. The number of non-ortho nitro benzene ring substituents is 1. The van der Waals surface area contributed by atoms with Crippen molar-refractivity contribution in [3.05, 3.63) is 51.0 Å². The maximum absolute atomic E-state index is 12.5. The van der Waals surface area contributed by atoms with Gasteiger partial charge in [0.15, 0.2) is 5.13 Å². The van der Waals surface area contributed by atoms with E-state index < -0.39 is 4.92 Å². The molecule has 3 rings (SSSR count). The monoisotopic (exact) mass is 577 g/mol. The standard InChI is InChI=1S/C20H27N5O3S.2BrH/c1-3-9-23-11-13-24(14-12-23)20-21-17(15-29-20)8-10-22(2)19(26)16-4-6-18(7-5-16)25(27)28;;/h4-7,15H,3,8-14H2,1-2H3;2*1H. The van der Waals surface area contributed by atoms with E-state index in [0.717, 1.165) is 43.5 Å². The number of likely N-dealkylation sites (N-methyl/N-ethyl adjacent to an activating group) is 1. The van der Waals surface area contributed by atoms with E-state index in [1.807, 2.05) is 0 Å². The second-order valence-corrected chi connectivity index (χ2v) is 8.07. The summed E-state index contributed by atoms with van der Waals surface area (Å²) in [4.78, 5) is 34.0. The van der Waals surface area contributed by atoms with Crippen molar-refractivity contribution in [1.82, 2.24) is 14.8 Å². The molecule has 172 valence electrons. The van der Waals surface area contributed by atoms with Gasteiger partial charge in [-0.1, -0.05) is 6.92 Å². The van der Waals surface area contributed by atoms with Gasteiger partial charge in [-0.3, -0.25) is 19.8 Å². The highest BCUT2D eigenvalue weighted by atomic mass is 79.9. The van der Waals surface area contributed by atoms with Crippen LogP contribution in [0, 0.1) is 10.1 Å². The zero-order valence-corrected chi connectivity index (χ0v) is 22.0. The van der Waals surface area contributed by atoms with Crippen LogP contribution in [0.4, 0.5) is 10.8 Å². The zero-order chi connectivity index (χ0) is 20.8. The normalized spacial score (nSPS) is 13.8. The first kappa shape index (κ1) is 27.5. The van der Waals surface area contributed by atoms with E-state index in [2.05, 4.69) is 22.1 Å². The van der Waals surface area contributed by atoms with Crippen LogP contribution in [0.2, 0.25) is 0 Å². The van der Waals surface area contributed by atoms with Crippen LogP contribution in [0.1, 0.15) is 29.4 Å². The van der Waals surface area contributed by atoms with E-state index in [4.69, 9.17) is 4.98 Å². The van der Waals surface area contributed by atoms with Crippen molar-refractivity contribution in [1.29, 1.82) is 0 Å². The van der Waals surface area contributed by atoms with Gasteiger partial charge in [-0.15, -0.1) is 45.3 Å². The van der Waals surface area contributed by atoms with E-state index >= 15 is 0 Å². The summed E-state index contributed by atoms with van der Waals surface area (Å²) in [7, 11) is 1.74. The third-order valence-corrected chi connectivity index (χ3v) is 6.05. The summed E-state index contributed by atoms with van der Waals surface area (Å²) >= 11 is 1.66. The first-order valence-electron chi connectivity index (χ1n) is 9.89. The van der Waals surface area contributed by atoms with Crippen molar-refractivity contribution >= 4 is 62.0 Å². The van der Waals surface area contributed by atoms with E-state index in [9.17, 15) is 14.9 Å². The Hall–Kier alpha value is -1.56. The SMILES string of the molecule is Br.Br.CCCN1CCN(c2nc(CCN(C)C(=O)c3ccc([N+](=O)[O-])cc3)cs2)CC1. The first-order chi connectivity index (χ1) is 14.0.